The molecule has 0 N–H and O–H groups in total. The van der Waals surface area contributed by atoms with E-state index in [0.29, 0.717) is 0 Å². The van der Waals surface area contributed by atoms with Crippen LogP contribution in [-0.4, -0.2) is 34.2 Å². The average Bonchev–Trinajstić information content (AvgIpc) is 2.67. The molecule has 2 rings (SSSR count). The van der Waals surface area contributed by atoms with Crippen LogP contribution in [-0.2, 0) is 21.5 Å². The first-order valence-corrected chi connectivity index (χ1v) is 7.96. The molecule has 4 amide bonds. The fourth-order valence-corrected chi connectivity index (χ4v) is 2.81. The molecule has 1 saturated heterocycles. The molecule has 1 heterocycles. The van der Waals surface area contributed by atoms with Crippen molar-refractivity contribution in [3.05, 3.63) is 47.0 Å². The van der Waals surface area contributed by atoms with Crippen LogP contribution >= 0.6 is 0 Å². The number of carbonyl (C=O) groups is 3. The smallest absolute Gasteiger partial charge is 0.263 e. The first-order chi connectivity index (χ1) is 11.1. The summed E-state index contributed by atoms with van der Waals surface area (Å²) in [5.41, 5.74) is 4.14. The molecule has 0 spiro atoms. The van der Waals surface area contributed by atoms with Crippen LogP contribution in [0.25, 0.3) is 0 Å². The molecule has 24 heavy (non-hydrogen) atoms. The van der Waals surface area contributed by atoms with Crippen molar-refractivity contribution in [1.82, 2.24) is 9.80 Å². The highest BCUT2D eigenvalue weighted by Crippen LogP contribution is 2.28. The molecule has 1 aromatic rings. The van der Waals surface area contributed by atoms with Gasteiger partial charge in [0.15, 0.2) is 0 Å². The Bertz CT molecular complexity index is 706. The molecule has 1 aliphatic rings. The van der Waals surface area contributed by atoms with Gasteiger partial charge in [0, 0.05) is 6.54 Å². The van der Waals surface area contributed by atoms with E-state index in [0.717, 1.165) is 26.5 Å². The second-order valence-corrected chi connectivity index (χ2v) is 7.22. The zero-order valence-corrected chi connectivity index (χ0v) is 15.0. The Kier molecular flexibility index (Phi) is 4.65. The second-order valence-electron chi connectivity index (χ2n) is 7.22. The summed E-state index contributed by atoms with van der Waals surface area (Å²) in [6.45, 7) is 14.0. The largest absolute Gasteiger partial charge is 0.334 e. The zero-order valence-electron chi connectivity index (χ0n) is 15.0. The zero-order chi connectivity index (χ0) is 18.2. The minimum absolute atomic E-state index is 0.0179. The van der Waals surface area contributed by atoms with Gasteiger partial charge in [-0.05, 0) is 41.5 Å². The van der Waals surface area contributed by atoms with E-state index in [1.165, 1.54) is 11.6 Å². The normalized spacial score (nSPS) is 15.5. The van der Waals surface area contributed by atoms with E-state index in [1.807, 2.05) is 13.8 Å². The number of imide groups is 2. The maximum Gasteiger partial charge on any atom is 0.334 e. The second kappa shape index (κ2) is 6.23. The van der Waals surface area contributed by atoms with Crippen LogP contribution in [0.5, 0.6) is 0 Å². The highest BCUT2D eigenvalue weighted by molar-refractivity contribution is 6.44. The predicted octanol–water partition coefficient (Wildman–Crippen LogP) is 3.08. The van der Waals surface area contributed by atoms with Gasteiger partial charge in [0.05, 0.1) is 6.54 Å². The van der Waals surface area contributed by atoms with Crippen molar-refractivity contribution in [2.24, 2.45) is 0 Å². The molecular formula is C19H24N2O3. The molecule has 1 aromatic carbocycles. The third kappa shape index (κ3) is 3.11. The summed E-state index contributed by atoms with van der Waals surface area (Å²) in [5, 5.41) is 0. The van der Waals surface area contributed by atoms with E-state index in [4.69, 9.17) is 0 Å². The number of benzene rings is 1. The lowest BCUT2D eigenvalue weighted by Gasteiger charge is -2.23. The Labute approximate surface area is 142 Å². The number of urea groups is 1. The van der Waals surface area contributed by atoms with Gasteiger partial charge in [-0.25, -0.2) is 4.79 Å². The van der Waals surface area contributed by atoms with Crippen molar-refractivity contribution >= 4 is 17.8 Å². The Morgan fingerprint density at radius 1 is 1.00 bits per heavy atom. The van der Waals surface area contributed by atoms with Crippen LogP contribution in [0.4, 0.5) is 4.79 Å². The monoisotopic (exact) mass is 328 g/mol. The maximum atomic E-state index is 12.3. The summed E-state index contributed by atoms with van der Waals surface area (Å²) in [6.07, 6.45) is 1.43. The van der Waals surface area contributed by atoms with Gasteiger partial charge in [0.25, 0.3) is 0 Å². The van der Waals surface area contributed by atoms with Crippen LogP contribution in [0.3, 0.4) is 0 Å². The molecule has 5 heteroatoms. The number of nitrogens with zero attached hydrogens (tertiary/aromatic N) is 2. The van der Waals surface area contributed by atoms with Crippen LogP contribution in [0, 0.1) is 13.8 Å². The molecular weight excluding hydrogens is 304 g/mol. The standard InChI is InChI=1S/C19H24N2O3/c1-7-8-20-16(22)17(23)21(18(20)24)11-15-12(2)9-14(10-13(15)3)19(4,5)6/h7,9-10H,1,8,11H2,2-6H3. The van der Waals surface area contributed by atoms with Crippen molar-refractivity contribution < 1.29 is 14.4 Å². The van der Waals surface area contributed by atoms with Gasteiger partial charge >= 0.3 is 17.8 Å². The highest BCUT2D eigenvalue weighted by Gasteiger charge is 2.43. The van der Waals surface area contributed by atoms with Gasteiger partial charge in [-0.15, -0.1) is 6.58 Å². The Balaban J connectivity index is 2.35. The number of carbonyl (C=O) groups excluding carboxylic acids is 3. The van der Waals surface area contributed by atoms with E-state index in [9.17, 15) is 14.4 Å². The molecule has 5 nitrogen and oxygen atoms in total. The summed E-state index contributed by atoms with van der Waals surface area (Å²) in [6, 6.07) is 3.58. The van der Waals surface area contributed by atoms with Crippen LogP contribution in [0.2, 0.25) is 0 Å². The fraction of sp³-hybridized carbons (Fsp3) is 0.421. The SMILES string of the molecule is C=CCN1C(=O)C(=O)N(Cc2c(C)cc(C(C)(C)C)cc2C)C1=O. The highest BCUT2D eigenvalue weighted by atomic mass is 16.2. The molecule has 0 saturated carbocycles. The number of hydrogen-bond donors (Lipinski definition) is 0. The predicted molar refractivity (Wildman–Crippen MR) is 92.5 cm³/mol. The topological polar surface area (TPSA) is 57.7 Å². The summed E-state index contributed by atoms with van der Waals surface area (Å²) in [5.74, 6) is -1.57. The molecule has 0 bridgehead atoms. The fourth-order valence-electron chi connectivity index (χ4n) is 2.81. The lowest BCUT2D eigenvalue weighted by atomic mass is 9.84. The molecule has 128 valence electrons. The van der Waals surface area contributed by atoms with E-state index >= 15 is 0 Å². The number of aryl methyl sites for hydroxylation is 2. The summed E-state index contributed by atoms with van der Waals surface area (Å²) < 4.78 is 0. The molecule has 0 radical (unpaired) electrons. The van der Waals surface area contributed by atoms with Gasteiger partial charge in [-0.2, -0.15) is 0 Å². The summed E-state index contributed by atoms with van der Waals surface area (Å²) >= 11 is 0. The van der Waals surface area contributed by atoms with E-state index < -0.39 is 17.8 Å². The third-order valence-corrected chi connectivity index (χ3v) is 4.33. The lowest BCUT2D eigenvalue weighted by Crippen LogP contribution is -2.33. The molecule has 0 atom stereocenters. The quantitative estimate of drug-likeness (QED) is 0.485. The van der Waals surface area contributed by atoms with E-state index in [2.05, 4.69) is 39.5 Å². The van der Waals surface area contributed by atoms with Crippen LogP contribution < -0.4 is 0 Å². The van der Waals surface area contributed by atoms with Crippen LogP contribution in [0.1, 0.15) is 43.0 Å². The van der Waals surface area contributed by atoms with Gasteiger partial charge in [-0.1, -0.05) is 39.0 Å². The van der Waals surface area contributed by atoms with Crippen molar-refractivity contribution in [2.75, 3.05) is 6.54 Å². The average molecular weight is 328 g/mol. The first kappa shape index (κ1) is 17.9. The number of rotatable bonds is 4. The van der Waals surface area contributed by atoms with Crippen LogP contribution in [0.15, 0.2) is 24.8 Å². The number of hydrogen-bond acceptors (Lipinski definition) is 3. The summed E-state index contributed by atoms with van der Waals surface area (Å²) in [4.78, 5) is 38.3. The third-order valence-electron chi connectivity index (χ3n) is 4.33. The first-order valence-electron chi connectivity index (χ1n) is 7.96. The minimum atomic E-state index is -0.790. The van der Waals surface area contributed by atoms with E-state index in [-0.39, 0.29) is 18.5 Å². The molecule has 1 fully saturated rings. The van der Waals surface area contributed by atoms with Gasteiger partial charge in [0.1, 0.15) is 0 Å². The molecule has 0 unspecified atom stereocenters. The Morgan fingerprint density at radius 3 is 1.96 bits per heavy atom. The van der Waals surface area contributed by atoms with E-state index in [1.54, 1.807) is 0 Å². The lowest BCUT2D eigenvalue weighted by molar-refractivity contribution is -0.143. The molecule has 0 aromatic heterocycles. The maximum absolute atomic E-state index is 12.3. The Hall–Kier alpha value is -2.43. The Morgan fingerprint density at radius 2 is 1.50 bits per heavy atom. The molecule has 1 aliphatic heterocycles. The van der Waals surface area contributed by atoms with Gasteiger partial charge < -0.3 is 0 Å². The van der Waals surface area contributed by atoms with Gasteiger partial charge in [0.2, 0.25) is 0 Å². The minimum Gasteiger partial charge on any atom is -0.263 e. The number of amides is 4. The van der Waals surface area contributed by atoms with Gasteiger partial charge in [-0.3, -0.25) is 19.4 Å². The van der Waals surface area contributed by atoms with Crippen molar-refractivity contribution in [1.29, 1.82) is 0 Å². The summed E-state index contributed by atoms with van der Waals surface area (Å²) in [7, 11) is 0. The van der Waals surface area contributed by atoms with Crippen molar-refractivity contribution in [3.8, 4) is 0 Å². The molecule has 0 aliphatic carbocycles. The van der Waals surface area contributed by atoms with Crippen molar-refractivity contribution in [2.45, 2.75) is 46.6 Å². The van der Waals surface area contributed by atoms with Crippen molar-refractivity contribution in [3.63, 3.8) is 0 Å².